The number of amides is 1. The van der Waals surface area contributed by atoms with Crippen LogP contribution in [-0.2, 0) is 9.53 Å². The van der Waals surface area contributed by atoms with Gasteiger partial charge >= 0.3 is 0 Å². The second-order valence-corrected chi connectivity index (χ2v) is 8.91. The van der Waals surface area contributed by atoms with Crippen molar-refractivity contribution in [2.24, 2.45) is 0 Å². The maximum absolute atomic E-state index is 13.2. The van der Waals surface area contributed by atoms with Crippen molar-refractivity contribution in [1.29, 1.82) is 0 Å². The summed E-state index contributed by atoms with van der Waals surface area (Å²) in [6, 6.07) is 9.24. The van der Waals surface area contributed by atoms with Gasteiger partial charge in [-0.15, -0.1) is 0 Å². The van der Waals surface area contributed by atoms with Gasteiger partial charge in [-0.2, -0.15) is 0 Å². The van der Waals surface area contributed by atoms with Crippen molar-refractivity contribution in [3.63, 3.8) is 0 Å². The molecule has 1 saturated carbocycles. The van der Waals surface area contributed by atoms with Crippen LogP contribution in [0.4, 0.5) is 11.6 Å². The van der Waals surface area contributed by atoms with Gasteiger partial charge in [-0.1, -0.05) is 12.1 Å². The quantitative estimate of drug-likeness (QED) is 0.366. The number of hydrogen-bond donors (Lipinski definition) is 2. The van der Waals surface area contributed by atoms with Gasteiger partial charge < -0.3 is 14.8 Å². The molecule has 178 valence electrons. The summed E-state index contributed by atoms with van der Waals surface area (Å²) >= 11 is 1.63. The summed E-state index contributed by atoms with van der Waals surface area (Å²) in [4.78, 5) is 30.7. The molecule has 4 rings (SSSR count). The molecular formula is C24H28N6O3S. The third-order valence-corrected chi connectivity index (χ3v) is 6.26. The highest BCUT2D eigenvalue weighted by Gasteiger charge is 2.25. The maximum Gasteiger partial charge on any atom is 0.233 e. The Morgan fingerprint density at radius 3 is 2.74 bits per heavy atom. The predicted molar refractivity (Wildman–Crippen MR) is 133 cm³/mol. The first-order chi connectivity index (χ1) is 16.7. The molecule has 0 bridgehead atoms. The average molecular weight is 481 g/mol. The Balaban J connectivity index is 1.45. The molecule has 1 aromatic carbocycles. The van der Waals surface area contributed by atoms with Gasteiger partial charge in [-0.25, -0.2) is 15.0 Å². The molecule has 9 nitrogen and oxygen atoms in total. The van der Waals surface area contributed by atoms with Gasteiger partial charge in [-0.05, 0) is 56.3 Å². The molecule has 10 heteroatoms. The fourth-order valence-corrected chi connectivity index (χ4v) is 3.99. The summed E-state index contributed by atoms with van der Waals surface area (Å²) in [7, 11) is 1.62. The molecule has 3 aromatic rings. The Labute approximate surface area is 203 Å². The van der Waals surface area contributed by atoms with Crippen LogP contribution in [0, 0.1) is 0 Å². The number of carbonyl (C=O) groups excluding carboxylic acids is 1. The largest absolute Gasteiger partial charge is 0.477 e. The minimum absolute atomic E-state index is 0.151. The van der Waals surface area contributed by atoms with Crippen molar-refractivity contribution >= 4 is 29.5 Å². The Morgan fingerprint density at radius 1 is 1.18 bits per heavy atom. The van der Waals surface area contributed by atoms with Gasteiger partial charge in [0.2, 0.25) is 17.7 Å². The van der Waals surface area contributed by atoms with Crippen LogP contribution >= 0.6 is 11.9 Å². The summed E-state index contributed by atoms with van der Waals surface area (Å²) in [5.74, 6) is 0.377. The Morgan fingerprint density at radius 2 is 2.00 bits per heavy atom. The molecule has 0 aliphatic heterocycles. The summed E-state index contributed by atoms with van der Waals surface area (Å²) in [6.45, 7) is 2.86. The minimum atomic E-state index is -0.470. The highest BCUT2D eigenvalue weighted by molar-refractivity contribution is 8.01. The van der Waals surface area contributed by atoms with Crippen molar-refractivity contribution in [2.45, 2.75) is 37.4 Å². The Kier molecular flexibility index (Phi) is 8.26. The number of nitrogens with zero attached hydrogens (tertiary/aromatic N) is 4. The van der Waals surface area contributed by atoms with Crippen LogP contribution in [-0.4, -0.2) is 51.4 Å². The van der Waals surface area contributed by atoms with Crippen LogP contribution in [0.3, 0.4) is 0 Å². The fraction of sp³-hybridized carbons (Fsp3) is 0.375. The van der Waals surface area contributed by atoms with Crippen LogP contribution in [0.15, 0.2) is 48.9 Å². The third kappa shape index (κ3) is 6.64. The summed E-state index contributed by atoms with van der Waals surface area (Å²) in [5, 5.41) is 3.62. The van der Waals surface area contributed by atoms with E-state index in [1.165, 1.54) is 12.8 Å². The molecule has 1 amide bonds. The molecule has 1 aliphatic rings. The highest BCUT2D eigenvalue weighted by Crippen LogP contribution is 2.34. The van der Waals surface area contributed by atoms with Crippen LogP contribution in [0.25, 0.3) is 11.3 Å². The van der Waals surface area contributed by atoms with E-state index in [1.807, 2.05) is 31.2 Å². The van der Waals surface area contributed by atoms with Gasteiger partial charge in [0, 0.05) is 36.4 Å². The standard InChI is InChI=1S/C24H28N6O3S/c1-3-33-22-15-25-14-21(28-22)16-4-6-17(7-5-16)27-23(31)19(11-13-32-2)20-10-12-26-24(29-20)30-34-18-8-9-18/h4-7,10,12,14-15,18-19H,3,8-9,11,13H2,1-2H3,(H,27,31)(H,26,29,30). The number of methoxy groups -OCH3 is 1. The van der Waals surface area contributed by atoms with Crippen LogP contribution in [0.2, 0.25) is 0 Å². The van der Waals surface area contributed by atoms with Gasteiger partial charge in [-0.3, -0.25) is 14.5 Å². The summed E-state index contributed by atoms with van der Waals surface area (Å²) in [5.41, 5.74) is 2.92. The van der Waals surface area contributed by atoms with Crippen molar-refractivity contribution in [3.8, 4) is 17.1 Å². The van der Waals surface area contributed by atoms with Gasteiger partial charge in [0.05, 0.1) is 36.3 Å². The van der Waals surface area contributed by atoms with E-state index in [0.29, 0.717) is 53.8 Å². The molecule has 0 spiro atoms. The van der Waals surface area contributed by atoms with E-state index in [1.54, 1.807) is 43.7 Å². The summed E-state index contributed by atoms with van der Waals surface area (Å²) < 4.78 is 13.9. The molecule has 1 fully saturated rings. The molecular weight excluding hydrogens is 452 g/mol. The molecule has 1 aliphatic carbocycles. The lowest BCUT2D eigenvalue weighted by Crippen LogP contribution is -2.23. The average Bonchev–Trinajstić information content (AvgIpc) is 3.69. The molecule has 0 saturated heterocycles. The second kappa shape index (κ2) is 11.8. The summed E-state index contributed by atoms with van der Waals surface area (Å²) in [6.07, 6.45) is 7.86. The van der Waals surface area contributed by atoms with Crippen molar-refractivity contribution in [2.75, 3.05) is 30.4 Å². The van der Waals surface area contributed by atoms with Gasteiger partial charge in [0.15, 0.2) is 0 Å². The van der Waals surface area contributed by atoms with Gasteiger partial charge in [0.25, 0.3) is 0 Å². The number of nitrogens with one attached hydrogen (secondary N) is 2. The zero-order valence-electron chi connectivity index (χ0n) is 19.2. The lowest BCUT2D eigenvalue weighted by Gasteiger charge is -2.17. The first-order valence-corrected chi connectivity index (χ1v) is 12.1. The molecule has 1 atom stereocenters. The van der Waals surface area contributed by atoms with Crippen molar-refractivity contribution in [3.05, 3.63) is 54.6 Å². The number of rotatable bonds is 12. The molecule has 34 heavy (non-hydrogen) atoms. The number of hydrogen-bond acceptors (Lipinski definition) is 9. The van der Waals surface area contributed by atoms with E-state index in [2.05, 4.69) is 30.0 Å². The predicted octanol–water partition coefficient (Wildman–Crippen LogP) is 4.31. The van der Waals surface area contributed by atoms with E-state index in [9.17, 15) is 4.79 Å². The minimum Gasteiger partial charge on any atom is -0.477 e. The number of anilines is 2. The van der Waals surface area contributed by atoms with E-state index in [-0.39, 0.29) is 5.91 Å². The molecule has 0 radical (unpaired) electrons. The van der Waals surface area contributed by atoms with Crippen LogP contribution < -0.4 is 14.8 Å². The van der Waals surface area contributed by atoms with Gasteiger partial charge in [0.1, 0.15) is 0 Å². The Bertz CT molecular complexity index is 1090. The normalized spacial score (nSPS) is 13.8. The molecule has 2 heterocycles. The van der Waals surface area contributed by atoms with Crippen molar-refractivity contribution < 1.29 is 14.3 Å². The molecule has 2 aromatic heterocycles. The fourth-order valence-electron chi connectivity index (χ4n) is 3.25. The zero-order valence-corrected chi connectivity index (χ0v) is 20.0. The highest BCUT2D eigenvalue weighted by atomic mass is 32.2. The zero-order chi connectivity index (χ0) is 23.8. The lowest BCUT2D eigenvalue weighted by molar-refractivity contribution is -0.118. The van der Waals surface area contributed by atoms with E-state index < -0.39 is 5.92 Å². The van der Waals surface area contributed by atoms with E-state index >= 15 is 0 Å². The third-order valence-electron chi connectivity index (χ3n) is 5.16. The Hall–Kier alpha value is -3.24. The smallest absolute Gasteiger partial charge is 0.233 e. The topological polar surface area (TPSA) is 111 Å². The number of aromatic nitrogens is 4. The molecule has 1 unspecified atom stereocenters. The lowest BCUT2D eigenvalue weighted by atomic mass is 10.00. The number of benzene rings is 1. The monoisotopic (exact) mass is 480 g/mol. The van der Waals surface area contributed by atoms with E-state index in [0.717, 1.165) is 5.56 Å². The van der Waals surface area contributed by atoms with Crippen LogP contribution in [0.5, 0.6) is 5.88 Å². The second-order valence-electron chi connectivity index (χ2n) is 7.80. The first-order valence-electron chi connectivity index (χ1n) is 11.3. The molecule has 2 N–H and O–H groups in total. The number of ether oxygens (including phenoxy) is 2. The van der Waals surface area contributed by atoms with E-state index in [4.69, 9.17) is 9.47 Å². The van der Waals surface area contributed by atoms with Crippen molar-refractivity contribution in [1.82, 2.24) is 19.9 Å². The number of carbonyl (C=O) groups is 1. The maximum atomic E-state index is 13.2. The SMILES string of the molecule is CCOc1cncc(-c2ccc(NC(=O)C(CCOC)c3ccnc(NSC4CC4)n3)cc2)n1. The van der Waals surface area contributed by atoms with Crippen LogP contribution in [0.1, 0.15) is 37.8 Å². The first kappa shape index (κ1) is 23.9.